The van der Waals surface area contributed by atoms with Crippen LogP contribution in [0.25, 0.3) is 0 Å². The lowest BCUT2D eigenvalue weighted by Crippen LogP contribution is -2.31. The molecule has 2 aliphatic rings. The van der Waals surface area contributed by atoms with Crippen LogP contribution in [-0.4, -0.2) is 25.7 Å². The molecule has 3 rings (SSSR count). The highest BCUT2D eigenvalue weighted by Crippen LogP contribution is 2.57. The molecule has 2 fully saturated rings. The van der Waals surface area contributed by atoms with E-state index in [4.69, 9.17) is 4.74 Å². The van der Waals surface area contributed by atoms with Crippen molar-refractivity contribution in [3.05, 3.63) is 30.3 Å². The quantitative estimate of drug-likeness (QED) is 0.714. The summed E-state index contributed by atoms with van der Waals surface area (Å²) in [7, 11) is -3.59. The molecule has 1 heterocycles. The summed E-state index contributed by atoms with van der Waals surface area (Å²) in [5, 5.41) is 0. The van der Waals surface area contributed by atoms with Crippen LogP contribution >= 0.6 is 0 Å². The molecule has 2 atom stereocenters. The van der Waals surface area contributed by atoms with Crippen LogP contribution in [0.1, 0.15) is 6.42 Å². The largest absolute Gasteiger partial charge is 0.464 e. The highest BCUT2D eigenvalue weighted by atomic mass is 32.2. The Hall–Kier alpha value is -1.36. The van der Waals surface area contributed by atoms with E-state index in [2.05, 4.69) is 0 Å². The first-order valence-electron chi connectivity index (χ1n) is 5.06. The van der Waals surface area contributed by atoms with Gasteiger partial charge in [-0.05, 0) is 18.6 Å². The second-order valence-electron chi connectivity index (χ2n) is 4.21. The predicted molar refractivity (Wildman–Crippen MR) is 55.4 cm³/mol. The predicted octanol–water partition coefficient (Wildman–Crippen LogP) is 0.776. The number of fused-ring (bicyclic) bond motifs is 1. The van der Waals surface area contributed by atoms with Gasteiger partial charge in [0, 0.05) is 5.92 Å². The molecule has 1 aromatic rings. The van der Waals surface area contributed by atoms with Crippen molar-refractivity contribution in [3.8, 4) is 0 Å². The number of cyclic esters (lactones) is 1. The molecule has 1 aromatic carbocycles. The molecule has 16 heavy (non-hydrogen) atoms. The van der Waals surface area contributed by atoms with E-state index in [-0.39, 0.29) is 17.4 Å². The van der Waals surface area contributed by atoms with Gasteiger partial charge >= 0.3 is 5.97 Å². The lowest BCUT2D eigenvalue weighted by atomic mass is 10.4. The van der Waals surface area contributed by atoms with Crippen LogP contribution in [0.5, 0.6) is 0 Å². The molecule has 1 saturated heterocycles. The summed E-state index contributed by atoms with van der Waals surface area (Å²) in [5.74, 6) is -0.730. The number of hydrogen-bond donors (Lipinski definition) is 0. The lowest BCUT2D eigenvalue weighted by Gasteiger charge is -2.10. The zero-order valence-electron chi connectivity index (χ0n) is 8.42. The minimum absolute atomic E-state index is 0.148. The van der Waals surface area contributed by atoms with Gasteiger partial charge in [-0.3, -0.25) is 4.79 Å². The number of carbonyl (C=O) groups is 1. The summed E-state index contributed by atoms with van der Waals surface area (Å²) in [5.41, 5.74) is 0. The second kappa shape index (κ2) is 2.85. The number of carbonyl (C=O) groups excluding carboxylic acids is 1. The van der Waals surface area contributed by atoms with Crippen LogP contribution < -0.4 is 0 Å². The van der Waals surface area contributed by atoms with Gasteiger partial charge in [-0.1, -0.05) is 18.2 Å². The molecule has 1 saturated carbocycles. The highest BCUT2D eigenvalue weighted by Gasteiger charge is 2.74. The zero-order chi connectivity index (χ0) is 11.4. The highest BCUT2D eigenvalue weighted by molar-refractivity contribution is 7.94. The van der Waals surface area contributed by atoms with Gasteiger partial charge in [-0.25, -0.2) is 8.42 Å². The van der Waals surface area contributed by atoms with Crippen LogP contribution in [0.4, 0.5) is 0 Å². The van der Waals surface area contributed by atoms with E-state index in [1.807, 2.05) is 0 Å². The Morgan fingerprint density at radius 3 is 2.44 bits per heavy atom. The molecule has 0 bridgehead atoms. The molecule has 0 amide bonds. The van der Waals surface area contributed by atoms with Gasteiger partial charge in [0.2, 0.25) is 0 Å². The van der Waals surface area contributed by atoms with Gasteiger partial charge in [0.15, 0.2) is 14.6 Å². The van der Waals surface area contributed by atoms with Gasteiger partial charge in [-0.2, -0.15) is 0 Å². The third-order valence-corrected chi connectivity index (χ3v) is 5.86. The van der Waals surface area contributed by atoms with Crippen molar-refractivity contribution in [2.75, 3.05) is 6.61 Å². The fourth-order valence-electron chi connectivity index (χ4n) is 2.30. The van der Waals surface area contributed by atoms with Crippen molar-refractivity contribution < 1.29 is 17.9 Å². The summed E-state index contributed by atoms with van der Waals surface area (Å²) in [6.07, 6.45) is 0.406. The zero-order valence-corrected chi connectivity index (χ0v) is 9.24. The van der Waals surface area contributed by atoms with Crippen LogP contribution in [0.2, 0.25) is 0 Å². The fraction of sp³-hybridized carbons (Fsp3) is 0.364. The standard InChI is InChI=1S/C11H10O4S/c12-10-11(6-8(11)7-15-10)16(13,14)9-4-2-1-3-5-9/h1-5,8H,6-7H2/t8-,11+/m1/s1. The van der Waals surface area contributed by atoms with Crippen molar-refractivity contribution >= 4 is 15.8 Å². The second-order valence-corrected chi connectivity index (χ2v) is 6.41. The van der Waals surface area contributed by atoms with E-state index >= 15 is 0 Å². The third-order valence-electron chi connectivity index (χ3n) is 3.34. The van der Waals surface area contributed by atoms with Crippen LogP contribution in [0.3, 0.4) is 0 Å². The first kappa shape index (κ1) is 9.84. The van der Waals surface area contributed by atoms with E-state index in [9.17, 15) is 13.2 Å². The third kappa shape index (κ3) is 0.988. The van der Waals surface area contributed by atoms with E-state index in [0.29, 0.717) is 6.42 Å². The maximum Gasteiger partial charge on any atom is 0.328 e. The van der Waals surface area contributed by atoms with Gasteiger partial charge in [-0.15, -0.1) is 0 Å². The summed E-state index contributed by atoms with van der Waals surface area (Å²) in [6.45, 7) is 0.241. The molecule has 84 valence electrons. The van der Waals surface area contributed by atoms with Crippen molar-refractivity contribution in [3.63, 3.8) is 0 Å². The minimum Gasteiger partial charge on any atom is -0.464 e. The molecule has 0 aromatic heterocycles. The van der Waals surface area contributed by atoms with Gasteiger partial charge in [0.25, 0.3) is 0 Å². The van der Waals surface area contributed by atoms with Gasteiger partial charge in [0.05, 0.1) is 11.5 Å². The topological polar surface area (TPSA) is 60.4 Å². The minimum atomic E-state index is -3.59. The molecule has 0 radical (unpaired) electrons. The number of hydrogen-bond acceptors (Lipinski definition) is 4. The molecule has 1 aliphatic carbocycles. The number of rotatable bonds is 2. The lowest BCUT2D eigenvalue weighted by molar-refractivity contribution is -0.140. The Kier molecular flexibility index (Phi) is 1.75. The monoisotopic (exact) mass is 238 g/mol. The molecular formula is C11H10O4S. The summed E-state index contributed by atoms with van der Waals surface area (Å²) < 4.78 is 28.2. The molecule has 5 heteroatoms. The SMILES string of the molecule is O=C1OC[C@H]2C[C@@]12S(=O)(=O)c1ccccc1. The molecule has 0 spiro atoms. The van der Waals surface area contributed by atoms with Gasteiger partial charge in [0.1, 0.15) is 0 Å². The normalized spacial score (nSPS) is 32.0. The Morgan fingerprint density at radius 1 is 1.25 bits per heavy atom. The van der Waals surface area contributed by atoms with Crippen molar-refractivity contribution in [1.82, 2.24) is 0 Å². The Morgan fingerprint density at radius 2 is 1.94 bits per heavy atom. The van der Waals surface area contributed by atoms with Gasteiger partial charge < -0.3 is 4.74 Å². The van der Waals surface area contributed by atoms with Crippen LogP contribution in [-0.2, 0) is 19.4 Å². The van der Waals surface area contributed by atoms with E-state index in [1.54, 1.807) is 18.2 Å². The van der Waals surface area contributed by atoms with Crippen molar-refractivity contribution in [2.24, 2.45) is 5.92 Å². The van der Waals surface area contributed by atoms with Crippen molar-refractivity contribution in [1.29, 1.82) is 0 Å². The average Bonchev–Trinajstić information content (AvgIpc) is 2.96. The number of benzene rings is 1. The summed E-state index contributed by atoms with van der Waals surface area (Å²) in [4.78, 5) is 11.8. The summed E-state index contributed by atoms with van der Waals surface area (Å²) >= 11 is 0. The Labute approximate surface area is 93.1 Å². The number of esters is 1. The smallest absolute Gasteiger partial charge is 0.328 e. The van der Waals surface area contributed by atoms with Crippen LogP contribution in [0, 0.1) is 5.92 Å². The maximum atomic E-state index is 12.3. The maximum absolute atomic E-state index is 12.3. The van der Waals surface area contributed by atoms with E-state index in [0.717, 1.165) is 0 Å². The Bertz CT molecular complexity index is 549. The Balaban J connectivity index is 2.12. The molecule has 0 N–H and O–H groups in total. The first-order chi connectivity index (χ1) is 7.59. The van der Waals surface area contributed by atoms with Crippen LogP contribution in [0.15, 0.2) is 35.2 Å². The fourth-order valence-corrected chi connectivity index (χ4v) is 4.44. The number of ether oxygens (including phenoxy) is 1. The molecule has 1 aliphatic heterocycles. The molecule has 0 unspecified atom stereocenters. The average molecular weight is 238 g/mol. The first-order valence-corrected chi connectivity index (χ1v) is 6.54. The molecule has 4 nitrogen and oxygen atoms in total. The summed E-state index contributed by atoms with van der Waals surface area (Å²) in [6, 6.07) is 8.09. The molecular weight excluding hydrogens is 228 g/mol. The number of sulfone groups is 1. The van der Waals surface area contributed by atoms with Crippen molar-refractivity contribution in [2.45, 2.75) is 16.1 Å². The van der Waals surface area contributed by atoms with E-state index < -0.39 is 20.6 Å². The van der Waals surface area contributed by atoms with E-state index in [1.165, 1.54) is 12.1 Å².